The van der Waals surface area contributed by atoms with E-state index in [2.05, 4.69) is 42.6 Å². The second-order valence-corrected chi connectivity index (χ2v) is 4.76. The van der Waals surface area contributed by atoms with E-state index in [0.29, 0.717) is 17.1 Å². The van der Waals surface area contributed by atoms with E-state index in [-0.39, 0.29) is 0 Å². The quantitative estimate of drug-likeness (QED) is 0.895. The third-order valence-electron chi connectivity index (χ3n) is 3.02. The summed E-state index contributed by atoms with van der Waals surface area (Å²) in [5, 5.41) is 12.9. The van der Waals surface area contributed by atoms with E-state index in [1.165, 1.54) is 11.1 Å². The number of halogens is 1. The summed E-state index contributed by atoms with van der Waals surface area (Å²) in [7, 11) is 0. The number of nitrogens with one attached hydrogen (secondary N) is 1. The predicted molar refractivity (Wildman–Crippen MR) is 79.3 cm³/mol. The molecule has 19 heavy (non-hydrogen) atoms. The van der Waals surface area contributed by atoms with E-state index in [9.17, 15) is 0 Å². The molecule has 0 fully saturated rings. The smallest absolute Gasteiger partial charge is 0.101 e. The van der Waals surface area contributed by atoms with Gasteiger partial charge in [-0.25, -0.2) is 0 Å². The zero-order valence-corrected chi connectivity index (χ0v) is 11.5. The first-order chi connectivity index (χ1) is 9.22. The molecule has 0 heterocycles. The number of rotatable bonds is 4. The highest BCUT2D eigenvalue weighted by molar-refractivity contribution is 6.30. The number of hydrogen-bond donors (Lipinski definition) is 1. The first kappa shape index (κ1) is 13.5. The Bertz CT molecular complexity index is 597. The van der Waals surface area contributed by atoms with Gasteiger partial charge in [-0.1, -0.05) is 42.8 Å². The van der Waals surface area contributed by atoms with Crippen molar-refractivity contribution in [3.63, 3.8) is 0 Å². The van der Waals surface area contributed by atoms with Crippen molar-refractivity contribution in [3.8, 4) is 6.07 Å². The van der Waals surface area contributed by atoms with Crippen LogP contribution in [0.5, 0.6) is 0 Å². The maximum atomic E-state index is 9.04. The van der Waals surface area contributed by atoms with Crippen LogP contribution >= 0.6 is 11.6 Å². The van der Waals surface area contributed by atoms with Crippen LogP contribution in [0.3, 0.4) is 0 Å². The van der Waals surface area contributed by atoms with Gasteiger partial charge in [-0.2, -0.15) is 5.26 Å². The second kappa shape index (κ2) is 6.26. The highest BCUT2D eigenvalue weighted by Gasteiger charge is 2.02. The molecule has 0 aliphatic carbocycles. The Morgan fingerprint density at radius 3 is 2.42 bits per heavy atom. The van der Waals surface area contributed by atoms with Crippen LogP contribution in [-0.4, -0.2) is 0 Å². The molecule has 96 valence electrons. The monoisotopic (exact) mass is 270 g/mol. The molecule has 0 saturated carbocycles. The average molecular weight is 271 g/mol. The van der Waals surface area contributed by atoms with E-state index in [0.717, 1.165) is 12.1 Å². The molecule has 0 atom stereocenters. The lowest BCUT2D eigenvalue weighted by Gasteiger charge is -2.09. The van der Waals surface area contributed by atoms with Crippen LogP contribution < -0.4 is 5.32 Å². The summed E-state index contributed by atoms with van der Waals surface area (Å²) in [4.78, 5) is 0. The zero-order chi connectivity index (χ0) is 13.7. The highest BCUT2D eigenvalue weighted by Crippen LogP contribution is 2.21. The fourth-order valence-corrected chi connectivity index (χ4v) is 2.02. The van der Waals surface area contributed by atoms with E-state index in [1.54, 1.807) is 18.2 Å². The molecule has 0 amide bonds. The Hall–Kier alpha value is -1.98. The number of nitriles is 1. The Morgan fingerprint density at radius 1 is 1.11 bits per heavy atom. The lowest BCUT2D eigenvalue weighted by Crippen LogP contribution is -2.01. The molecule has 0 saturated heterocycles. The Morgan fingerprint density at radius 2 is 1.79 bits per heavy atom. The van der Waals surface area contributed by atoms with Crippen molar-refractivity contribution in [2.24, 2.45) is 0 Å². The molecule has 0 aliphatic heterocycles. The molecule has 0 aliphatic rings. The first-order valence-corrected chi connectivity index (χ1v) is 6.62. The van der Waals surface area contributed by atoms with Crippen LogP contribution in [0.25, 0.3) is 0 Å². The molecule has 0 spiro atoms. The van der Waals surface area contributed by atoms with Gasteiger partial charge in [0, 0.05) is 11.6 Å². The van der Waals surface area contributed by atoms with Gasteiger partial charge in [0.05, 0.1) is 11.3 Å². The normalized spacial score (nSPS) is 9.95. The van der Waals surface area contributed by atoms with Gasteiger partial charge in [-0.3, -0.25) is 0 Å². The van der Waals surface area contributed by atoms with Gasteiger partial charge in [0.15, 0.2) is 0 Å². The van der Waals surface area contributed by atoms with Crippen molar-refractivity contribution < 1.29 is 0 Å². The molecule has 0 unspecified atom stereocenters. The molecule has 2 aromatic carbocycles. The zero-order valence-electron chi connectivity index (χ0n) is 10.8. The third kappa shape index (κ3) is 3.49. The minimum Gasteiger partial charge on any atom is -0.380 e. The summed E-state index contributed by atoms with van der Waals surface area (Å²) in [6.45, 7) is 2.82. The van der Waals surface area contributed by atoms with Crippen LogP contribution in [0.2, 0.25) is 5.02 Å². The minimum atomic E-state index is 0.606. The highest BCUT2D eigenvalue weighted by atomic mass is 35.5. The Labute approximate surface area is 118 Å². The van der Waals surface area contributed by atoms with Gasteiger partial charge in [0.2, 0.25) is 0 Å². The maximum absolute atomic E-state index is 9.04. The van der Waals surface area contributed by atoms with E-state index < -0.39 is 0 Å². The third-order valence-corrected chi connectivity index (χ3v) is 3.25. The van der Waals surface area contributed by atoms with E-state index in [4.69, 9.17) is 16.9 Å². The van der Waals surface area contributed by atoms with Crippen LogP contribution in [0.15, 0.2) is 42.5 Å². The van der Waals surface area contributed by atoms with Crippen LogP contribution in [-0.2, 0) is 13.0 Å². The van der Waals surface area contributed by atoms with Gasteiger partial charge in [-0.05, 0) is 35.7 Å². The topological polar surface area (TPSA) is 35.8 Å². The van der Waals surface area contributed by atoms with Crippen molar-refractivity contribution >= 4 is 17.3 Å². The van der Waals surface area contributed by atoms with Gasteiger partial charge < -0.3 is 5.32 Å². The van der Waals surface area contributed by atoms with Gasteiger partial charge in [-0.15, -0.1) is 0 Å². The largest absolute Gasteiger partial charge is 0.380 e. The lowest BCUT2D eigenvalue weighted by atomic mass is 10.1. The maximum Gasteiger partial charge on any atom is 0.101 e. The van der Waals surface area contributed by atoms with Gasteiger partial charge in [0.1, 0.15) is 6.07 Å². The molecule has 2 nitrogen and oxygen atoms in total. The van der Waals surface area contributed by atoms with Crippen molar-refractivity contribution in [3.05, 3.63) is 64.2 Å². The van der Waals surface area contributed by atoms with Gasteiger partial charge in [0.25, 0.3) is 0 Å². The van der Waals surface area contributed by atoms with Gasteiger partial charge >= 0.3 is 0 Å². The number of hydrogen-bond acceptors (Lipinski definition) is 2. The fraction of sp³-hybridized carbons (Fsp3) is 0.188. The standard InChI is InChI=1S/C16H15ClN2/c1-2-12-3-5-13(6-4-12)11-19-16-9-15(17)8-7-14(16)10-18/h3-9,19H,2,11H2,1H3. The fourth-order valence-electron chi connectivity index (χ4n) is 1.85. The molecule has 3 heteroatoms. The number of benzene rings is 2. The van der Waals surface area contributed by atoms with Crippen molar-refractivity contribution in [2.75, 3.05) is 5.32 Å². The van der Waals surface area contributed by atoms with Crippen molar-refractivity contribution in [1.29, 1.82) is 5.26 Å². The molecule has 2 rings (SSSR count). The van der Waals surface area contributed by atoms with Crippen molar-refractivity contribution in [2.45, 2.75) is 19.9 Å². The molecular formula is C16H15ClN2. The predicted octanol–water partition coefficient (Wildman–Crippen LogP) is 4.39. The number of anilines is 1. The van der Waals surface area contributed by atoms with Crippen LogP contribution in [0, 0.1) is 11.3 Å². The summed E-state index contributed by atoms with van der Waals surface area (Å²) in [5.74, 6) is 0. The SMILES string of the molecule is CCc1ccc(CNc2cc(Cl)ccc2C#N)cc1. The number of aryl methyl sites for hydroxylation is 1. The molecule has 2 aromatic rings. The van der Waals surface area contributed by atoms with Crippen LogP contribution in [0.1, 0.15) is 23.6 Å². The summed E-state index contributed by atoms with van der Waals surface area (Å²) in [6, 6.07) is 15.8. The summed E-state index contributed by atoms with van der Waals surface area (Å²) in [6.07, 6.45) is 1.04. The minimum absolute atomic E-state index is 0.606. The van der Waals surface area contributed by atoms with E-state index in [1.807, 2.05) is 0 Å². The summed E-state index contributed by atoms with van der Waals surface area (Å²) in [5.41, 5.74) is 3.88. The molecule has 0 radical (unpaired) electrons. The Kier molecular flexibility index (Phi) is 4.43. The molecule has 1 N–H and O–H groups in total. The average Bonchev–Trinajstić information content (AvgIpc) is 2.46. The first-order valence-electron chi connectivity index (χ1n) is 6.24. The van der Waals surface area contributed by atoms with Crippen LogP contribution in [0.4, 0.5) is 5.69 Å². The lowest BCUT2D eigenvalue weighted by molar-refractivity contribution is 1.10. The molecule has 0 bridgehead atoms. The molecule has 0 aromatic heterocycles. The summed E-state index contributed by atoms with van der Waals surface area (Å²) >= 11 is 5.95. The molecular weight excluding hydrogens is 256 g/mol. The van der Waals surface area contributed by atoms with Crippen molar-refractivity contribution in [1.82, 2.24) is 0 Å². The number of nitrogens with zero attached hydrogens (tertiary/aromatic N) is 1. The Balaban J connectivity index is 2.09. The van der Waals surface area contributed by atoms with E-state index >= 15 is 0 Å². The summed E-state index contributed by atoms with van der Waals surface area (Å²) < 4.78 is 0. The second-order valence-electron chi connectivity index (χ2n) is 4.33.